The standard InChI is InChI=1S/C67H119NO8/c1-6-8-10-12-14-16-18-20-22-24-25-26-27-28-29-30-31-32-33-34-35-36-37-38-39-40-41-42-44-46-48-50-52-54-56-58-65(70)76-63(62-75-67(66(71)72)73-60-59-68(3,4)5)61-74-64(69)57-55-53-51-49-47-45-43-23-21-19-17-15-13-11-9-7-2/h8,10,14,16,20,22,25-26,28-29,31-32,63,67H,6-7,9,11-13,15,17-19,21,23-24,27,30,33-62H2,1-5H3/p+1/b10-8-,16-14-,22-20-,26-25-,29-28-,32-31-. The number of aliphatic carboxylic acids is 1. The lowest BCUT2D eigenvalue weighted by atomic mass is 10.0. The van der Waals surface area contributed by atoms with Gasteiger partial charge in [0.15, 0.2) is 6.10 Å². The molecule has 2 unspecified atom stereocenters. The Morgan fingerprint density at radius 2 is 0.750 bits per heavy atom. The molecule has 0 saturated carbocycles. The molecule has 0 heterocycles. The summed E-state index contributed by atoms with van der Waals surface area (Å²) < 4.78 is 22.9. The highest BCUT2D eigenvalue weighted by Crippen LogP contribution is 2.17. The number of carboxylic acid groups (broad SMARTS) is 1. The van der Waals surface area contributed by atoms with Gasteiger partial charge in [-0.2, -0.15) is 0 Å². The Balaban J connectivity index is 4.09. The van der Waals surface area contributed by atoms with Gasteiger partial charge < -0.3 is 28.5 Å². The summed E-state index contributed by atoms with van der Waals surface area (Å²) in [5.41, 5.74) is 0. The smallest absolute Gasteiger partial charge is 0.361 e. The van der Waals surface area contributed by atoms with Crippen LogP contribution in [0.2, 0.25) is 0 Å². The van der Waals surface area contributed by atoms with Gasteiger partial charge in [0.05, 0.1) is 34.4 Å². The van der Waals surface area contributed by atoms with Crippen LogP contribution in [0.3, 0.4) is 0 Å². The van der Waals surface area contributed by atoms with Crippen molar-refractivity contribution in [3.8, 4) is 0 Å². The van der Waals surface area contributed by atoms with E-state index in [1.165, 1.54) is 173 Å². The molecule has 0 aliphatic rings. The molecule has 0 amide bonds. The number of nitrogens with zero attached hydrogens (tertiary/aromatic N) is 1. The van der Waals surface area contributed by atoms with E-state index in [9.17, 15) is 19.5 Å². The second-order valence-electron chi connectivity index (χ2n) is 22.3. The van der Waals surface area contributed by atoms with Crippen molar-refractivity contribution in [2.45, 2.75) is 289 Å². The van der Waals surface area contributed by atoms with E-state index in [0.717, 1.165) is 77.0 Å². The third-order valence-corrected chi connectivity index (χ3v) is 13.7. The third-order valence-electron chi connectivity index (χ3n) is 13.7. The number of unbranched alkanes of at least 4 members (excludes halogenated alkanes) is 31. The van der Waals surface area contributed by atoms with E-state index in [1.54, 1.807) is 0 Å². The van der Waals surface area contributed by atoms with Gasteiger partial charge in [-0.05, 0) is 64.2 Å². The van der Waals surface area contributed by atoms with E-state index in [1.807, 2.05) is 21.1 Å². The van der Waals surface area contributed by atoms with Gasteiger partial charge in [-0.3, -0.25) is 9.59 Å². The molecule has 0 rings (SSSR count). The molecule has 76 heavy (non-hydrogen) atoms. The lowest BCUT2D eigenvalue weighted by molar-refractivity contribution is -0.870. The Bertz CT molecular complexity index is 1470. The van der Waals surface area contributed by atoms with E-state index in [0.29, 0.717) is 17.4 Å². The molecular weight excluding hydrogens is 947 g/mol. The van der Waals surface area contributed by atoms with Crippen LogP contribution in [0.15, 0.2) is 72.9 Å². The molecule has 9 heteroatoms. The van der Waals surface area contributed by atoms with Gasteiger partial charge in [0.25, 0.3) is 6.29 Å². The summed E-state index contributed by atoms with van der Waals surface area (Å²) >= 11 is 0. The van der Waals surface area contributed by atoms with Crippen molar-refractivity contribution in [2.75, 3.05) is 47.5 Å². The highest BCUT2D eigenvalue weighted by atomic mass is 16.7. The largest absolute Gasteiger partial charge is 0.477 e. The van der Waals surface area contributed by atoms with E-state index in [-0.39, 0.29) is 32.2 Å². The van der Waals surface area contributed by atoms with E-state index in [2.05, 4.69) is 86.8 Å². The molecule has 0 radical (unpaired) electrons. The average Bonchev–Trinajstić information content (AvgIpc) is 3.39. The van der Waals surface area contributed by atoms with Crippen molar-refractivity contribution in [2.24, 2.45) is 0 Å². The molecule has 2 atom stereocenters. The Hall–Kier alpha value is -3.27. The van der Waals surface area contributed by atoms with Crippen molar-refractivity contribution in [1.29, 1.82) is 0 Å². The van der Waals surface area contributed by atoms with Crippen LogP contribution in [-0.4, -0.2) is 87.4 Å². The van der Waals surface area contributed by atoms with E-state index in [4.69, 9.17) is 18.9 Å². The summed E-state index contributed by atoms with van der Waals surface area (Å²) in [5, 5.41) is 9.71. The van der Waals surface area contributed by atoms with Crippen molar-refractivity contribution in [3.63, 3.8) is 0 Å². The molecule has 0 fully saturated rings. The van der Waals surface area contributed by atoms with Crippen LogP contribution in [0.1, 0.15) is 277 Å². The minimum absolute atomic E-state index is 0.179. The molecule has 0 aromatic carbocycles. The number of likely N-dealkylation sites (N-methyl/N-ethyl adjacent to an activating group) is 1. The molecule has 0 saturated heterocycles. The lowest BCUT2D eigenvalue weighted by Crippen LogP contribution is -2.40. The van der Waals surface area contributed by atoms with Crippen molar-refractivity contribution < 1.29 is 42.9 Å². The number of hydrogen-bond donors (Lipinski definition) is 1. The number of carboxylic acids is 1. The van der Waals surface area contributed by atoms with Crippen molar-refractivity contribution in [1.82, 2.24) is 0 Å². The monoisotopic (exact) mass is 1070 g/mol. The summed E-state index contributed by atoms with van der Waals surface area (Å²) in [4.78, 5) is 37.5. The number of carbonyl (C=O) groups is 3. The van der Waals surface area contributed by atoms with E-state index < -0.39 is 24.3 Å². The lowest BCUT2D eigenvalue weighted by Gasteiger charge is -2.25. The zero-order valence-electron chi connectivity index (χ0n) is 50.2. The number of ether oxygens (including phenoxy) is 4. The van der Waals surface area contributed by atoms with Gasteiger partial charge in [-0.1, -0.05) is 273 Å². The predicted octanol–water partition coefficient (Wildman–Crippen LogP) is 19.0. The van der Waals surface area contributed by atoms with Crippen LogP contribution < -0.4 is 0 Å². The average molecular weight is 1070 g/mol. The SMILES string of the molecule is CC/C=C\C/C=C\C/C=C\C/C=C\C/C=C\C/C=C\CCCCCCCCCCCCCCCCCCC(=O)OC(COC(=O)CCCCCCCCCCCCCCCCCC)COC(OCC[N+](C)(C)C)C(=O)O. The summed E-state index contributed by atoms with van der Waals surface area (Å²) in [5.74, 6) is -1.99. The number of rotatable bonds is 58. The van der Waals surface area contributed by atoms with Crippen molar-refractivity contribution >= 4 is 17.9 Å². The highest BCUT2D eigenvalue weighted by molar-refractivity contribution is 5.71. The Morgan fingerprint density at radius 3 is 1.12 bits per heavy atom. The molecule has 1 N–H and O–H groups in total. The van der Waals surface area contributed by atoms with Gasteiger partial charge in [0, 0.05) is 12.8 Å². The first-order valence-corrected chi connectivity index (χ1v) is 31.6. The highest BCUT2D eigenvalue weighted by Gasteiger charge is 2.25. The second kappa shape index (κ2) is 57.9. The van der Waals surface area contributed by atoms with E-state index >= 15 is 0 Å². The van der Waals surface area contributed by atoms with Crippen LogP contribution in [0.25, 0.3) is 0 Å². The van der Waals surface area contributed by atoms with Gasteiger partial charge >= 0.3 is 17.9 Å². The minimum atomic E-state index is -1.51. The summed E-state index contributed by atoms with van der Waals surface area (Å²) in [6.07, 6.45) is 72.8. The fourth-order valence-corrected chi connectivity index (χ4v) is 8.90. The summed E-state index contributed by atoms with van der Waals surface area (Å²) in [6, 6.07) is 0. The van der Waals surface area contributed by atoms with Gasteiger partial charge in [0.2, 0.25) is 0 Å². The van der Waals surface area contributed by atoms with Gasteiger partial charge in [-0.15, -0.1) is 0 Å². The summed E-state index contributed by atoms with van der Waals surface area (Å²) in [7, 11) is 5.98. The first-order chi connectivity index (χ1) is 37.1. The van der Waals surface area contributed by atoms with Crippen LogP contribution in [-0.2, 0) is 33.3 Å². The van der Waals surface area contributed by atoms with Crippen LogP contribution in [0.4, 0.5) is 0 Å². The predicted molar refractivity (Wildman–Crippen MR) is 323 cm³/mol. The van der Waals surface area contributed by atoms with Crippen molar-refractivity contribution in [3.05, 3.63) is 72.9 Å². The zero-order chi connectivity index (χ0) is 55.5. The topological polar surface area (TPSA) is 108 Å². The van der Waals surface area contributed by atoms with Gasteiger partial charge in [-0.25, -0.2) is 4.79 Å². The zero-order valence-corrected chi connectivity index (χ0v) is 50.2. The van der Waals surface area contributed by atoms with Crippen LogP contribution >= 0.6 is 0 Å². The van der Waals surface area contributed by atoms with Crippen LogP contribution in [0.5, 0.6) is 0 Å². The van der Waals surface area contributed by atoms with Crippen LogP contribution in [0, 0.1) is 0 Å². The molecule has 0 aromatic rings. The summed E-state index contributed by atoms with van der Waals surface area (Å²) in [6.45, 7) is 4.79. The Labute approximate surface area is 468 Å². The quantitative estimate of drug-likeness (QED) is 0.0211. The molecule has 0 aliphatic heterocycles. The number of esters is 2. The first-order valence-electron chi connectivity index (χ1n) is 31.6. The molecule has 440 valence electrons. The Morgan fingerprint density at radius 1 is 0.408 bits per heavy atom. The fraction of sp³-hybridized carbons (Fsp3) is 0.776. The number of carbonyl (C=O) groups excluding carboxylic acids is 2. The molecule has 0 spiro atoms. The molecule has 0 bridgehead atoms. The molecule has 0 aromatic heterocycles. The Kier molecular flexibility index (Phi) is 55.4. The molecular formula is C67H120NO8+. The number of hydrogen-bond acceptors (Lipinski definition) is 7. The third kappa shape index (κ3) is 58.4. The maximum absolute atomic E-state index is 12.9. The maximum atomic E-state index is 12.9. The molecule has 0 aliphatic carbocycles. The number of quaternary nitrogens is 1. The number of allylic oxidation sites excluding steroid dienone is 12. The normalized spacial score (nSPS) is 13.2. The minimum Gasteiger partial charge on any atom is -0.477 e. The maximum Gasteiger partial charge on any atom is 0.361 e. The second-order valence-corrected chi connectivity index (χ2v) is 22.3. The van der Waals surface area contributed by atoms with Gasteiger partial charge in [0.1, 0.15) is 13.2 Å². The molecule has 9 nitrogen and oxygen atoms in total. The fourth-order valence-electron chi connectivity index (χ4n) is 8.90. The first kappa shape index (κ1) is 72.7.